The van der Waals surface area contributed by atoms with E-state index in [-0.39, 0.29) is 18.2 Å². The van der Waals surface area contributed by atoms with Crippen LogP contribution in [0.3, 0.4) is 0 Å². The maximum absolute atomic E-state index is 11.4. The first-order valence-corrected chi connectivity index (χ1v) is 5.18. The van der Waals surface area contributed by atoms with E-state index in [4.69, 9.17) is 10.00 Å². The van der Waals surface area contributed by atoms with Crippen LogP contribution < -0.4 is 0 Å². The number of nitrogens with zero attached hydrogens (tertiary/aromatic N) is 2. The van der Waals surface area contributed by atoms with Gasteiger partial charge in [-0.2, -0.15) is 5.26 Å². The van der Waals surface area contributed by atoms with Crippen LogP contribution in [0.4, 0.5) is 4.79 Å². The summed E-state index contributed by atoms with van der Waals surface area (Å²) in [4.78, 5) is 12.9. The Hall–Kier alpha value is -1.24. The molecule has 1 unspecified atom stereocenters. The Balaban J connectivity index is 1.75. The molecule has 1 aliphatic heterocycles. The highest BCUT2D eigenvalue weighted by molar-refractivity contribution is 5.72. The van der Waals surface area contributed by atoms with Gasteiger partial charge in [0.15, 0.2) is 0 Å². The molecule has 1 aliphatic carbocycles. The van der Waals surface area contributed by atoms with Gasteiger partial charge in [-0.3, -0.25) is 4.90 Å². The summed E-state index contributed by atoms with van der Waals surface area (Å²) in [5, 5.41) is 8.53. The summed E-state index contributed by atoms with van der Waals surface area (Å²) in [5.74, 6) is 0. The molecule has 1 heterocycles. The van der Waals surface area contributed by atoms with Crippen LogP contribution in [0, 0.1) is 11.3 Å². The molecule has 0 aromatic carbocycles. The lowest BCUT2D eigenvalue weighted by Crippen LogP contribution is -2.24. The van der Waals surface area contributed by atoms with E-state index < -0.39 is 0 Å². The summed E-state index contributed by atoms with van der Waals surface area (Å²) in [5.41, 5.74) is 0. The number of carbonyl (C=O) groups excluding carboxylic acids is 1. The minimum Gasteiger partial charge on any atom is -0.446 e. The summed E-state index contributed by atoms with van der Waals surface area (Å²) in [6.45, 7) is 0.544. The SMILES string of the molecule is N#CC1CN1C(=O)OC1CCCCC1. The van der Waals surface area contributed by atoms with Crippen molar-refractivity contribution in [3.8, 4) is 6.07 Å². The maximum atomic E-state index is 11.4. The molecule has 1 atom stereocenters. The molecule has 0 aromatic heterocycles. The molecule has 1 saturated carbocycles. The molecule has 1 amide bonds. The van der Waals surface area contributed by atoms with Crippen molar-refractivity contribution in [2.75, 3.05) is 6.54 Å². The second kappa shape index (κ2) is 3.87. The van der Waals surface area contributed by atoms with Crippen molar-refractivity contribution in [2.24, 2.45) is 0 Å². The molecule has 1 saturated heterocycles. The quantitative estimate of drug-likeness (QED) is 0.596. The number of hydrogen-bond acceptors (Lipinski definition) is 3. The van der Waals surface area contributed by atoms with Gasteiger partial charge in [0.1, 0.15) is 12.1 Å². The Morgan fingerprint density at radius 1 is 1.36 bits per heavy atom. The van der Waals surface area contributed by atoms with Gasteiger partial charge < -0.3 is 4.74 Å². The van der Waals surface area contributed by atoms with Crippen molar-refractivity contribution in [1.29, 1.82) is 5.26 Å². The zero-order valence-corrected chi connectivity index (χ0v) is 8.11. The molecule has 2 rings (SSSR count). The molecule has 2 fully saturated rings. The van der Waals surface area contributed by atoms with Crippen molar-refractivity contribution >= 4 is 6.09 Å². The van der Waals surface area contributed by atoms with Gasteiger partial charge in [0, 0.05) is 0 Å². The Bertz CT molecular complexity index is 266. The predicted octanol–water partition coefficient (Wildman–Crippen LogP) is 1.66. The molecule has 0 bridgehead atoms. The zero-order valence-electron chi connectivity index (χ0n) is 8.11. The topological polar surface area (TPSA) is 53.1 Å². The van der Waals surface area contributed by atoms with Crippen LogP contribution in [0.1, 0.15) is 32.1 Å². The number of ether oxygens (including phenoxy) is 1. The fraction of sp³-hybridized carbons (Fsp3) is 0.800. The monoisotopic (exact) mass is 194 g/mol. The lowest BCUT2D eigenvalue weighted by atomic mass is 9.98. The van der Waals surface area contributed by atoms with Crippen LogP contribution in [0.15, 0.2) is 0 Å². The van der Waals surface area contributed by atoms with E-state index >= 15 is 0 Å². The van der Waals surface area contributed by atoms with Crippen LogP contribution in [-0.2, 0) is 4.74 Å². The van der Waals surface area contributed by atoms with Crippen molar-refractivity contribution in [2.45, 2.75) is 44.2 Å². The minimum absolute atomic E-state index is 0.0937. The molecule has 0 spiro atoms. The van der Waals surface area contributed by atoms with Crippen LogP contribution in [0.25, 0.3) is 0 Å². The Kier molecular flexibility index (Phi) is 2.58. The summed E-state index contributed by atoms with van der Waals surface area (Å²) in [6, 6.07) is 1.80. The van der Waals surface area contributed by atoms with Gasteiger partial charge >= 0.3 is 6.09 Å². The van der Waals surface area contributed by atoms with Crippen LogP contribution in [0.5, 0.6) is 0 Å². The van der Waals surface area contributed by atoms with Gasteiger partial charge in [-0.05, 0) is 25.7 Å². The first-order valence-electron chi connectivity index (χ1n) is 5.18. The highest BCUT2D eigenvalue weighted by Gasteiger charge is 2.40. The van der Waals surface area contributed by atoms with Gasteiger partial charge in [-0.15, -0.1) is 0 Å². The largest absolute Gasteiger partial charge is 0.446 e. The smallest absolute Gasteiger partial charge is 0.411 e. The standard InChI is InChI=1S/C10H14N2O2/c11-6-8-7-12(8)10(13)14-9-4-2-1-3-5-9/h8-9H,1-5,7H2. The summed E-state index contributed by atoms with van der Waals surface area (Å²) < 4.78 is 5.28. The maximum Gasteiger partial charge on any atom is 0.411 e. The predicted molar refractivity (Wildman–Crippen MR) is 49.5 cm³/mol. The van der Waals surface area contributed by atoms with Crippen molar-refractivity contribution < 1.29 is 9.53 Å². The number of hydrogen-bond donors (Lipinski definition) is 0. The first kappa shape index (κ1) is 9.32. The minimum atomic E-state index is -0.302. The summed E-state index contributed by atoms with van der Waals surface area (Å²) in [6.07, 6.45) is 5.31. The normalized spacial score (nSPS) is 26.8. The average Bonchev–Trinajstić information content (AvgIpc) is 2.98. The van der Waals surface area contributed by atoms with Crippen LogP contribution in [0.2, 0.25) is 0 Å². The van der Waals surface area contributed by atoms with Gasteiger partial charge in [0.2, 0.25) is 0 Å². The molecule has 0 radical (unpaired) electrons. The number of amides is 1. The van der Waals surface area contributed by atoms with Crippen molar-refractivity contribution in [3.05, 3.63) is 0 Å². The van der Waals surface area contributed by atoms with Gasteiger partial charge in [0.05, 0.1) is 12.6 Å². The third kappa shape index (κ3) is 1.98. The Morgan fingerprint density at radius 2 is 2.07 bits per heavy atom. The number of nitriles is 1. The number of carbonyl (C=O) groups is 1. The molecular formula is C10H14N2O2. The molecule has 0 N–H and O–H groups in total. The highest BCUT2D eigenvalue weighted by Crippen LogP contribution is 2.24. The molecule has 2 aliphatic rings. The highest BCUT2D eigenvalue weighted by atomic mass is 16.6. The van der Waals surface area contributed by atoms with E-state index in [2.05, 4.69) is 0 Å². The lowest BCUT2D eigenvalue weighted by molar-refractivity contribution is 0.0637. The lowest BCUT2D eigenvalue weighted by Gasteiger charge is -2.21. The summed E-state index contributed by atoms with van der Waals surface area (Å²) >= 11 is 0. The molecule has 76 valence electrons. The van der Waals surface area contributed by atoms with E-state index in [0.717, 1.165) is 25.7 Å². The van der Waals surface area contributed by atoms with E-state index in [1.807, 2.05) is 6.07 Å². The van der Waals surface area contributed by atoms with E-state index in [1.165, 1.54) is 11.3 Å². The average molecular weight is 194 g/mol. The second-order valence-electron chi connectivity index (χ2n) is 3.94. The Labute approximate surface area is 83.4 Å². The second-order valence-corrected chi connectivity index (χ2v) is 3.94. The van der Waals surface area contributed by atoms with E-state index in [1.54, 1.807) is 0 Å². The van der Waals surface area contributed by atoms with Crippen LogP contribution in [-0.4, -0.2) is 29.7 Å². The molecular weight excluding hydrogens is 180 g/mol. The van der Waals surface area contributed by atoms with Gasteiger partial charge in [-0.1, -0.05) is 6.42 Å². The molecule has 0 aromatic rings. The Morgan fingerprint density at radius 3 is 2.64 bits per heavy atom. The van der Waals surface area contributed by atoms with E-state index in [9.17, 15) is 4.79 Å². The molecule has 4 nitrogen and oxygen atoms in total. The van der Waals surface area contributed by atoms with Crippen molar-refractivity contribution in [3.63, 3.8) is 0 Å². The van der Waals surface area contributed by atoms with E-state index in [0.29, 0.717) is 6.54 Å². The van der Waals surface area contributed by atoms with Crippen molar-refractivity contribution in [1.82, 2.24) is 4.90 Å². The number of rotatable bonds is 1. The fourth-order valence-electron chi connectivity index (χ4n) is 1.84. The fourth-order valence-corrected chi connectivity index (χ4v) is 1.84. The third-order valence-electron chi connectivity index (χ3n) is 2.82. The molecule has 4 heteroatoms. The molecule has 14 heavy (non-hydrogen) atoms. The first-order chi connectivity index (χ1) is 6.81. The van der Waals surface area contributed by atoms with Crippen LogP contribution >= 0.6 is 0 Å². The summed E-state index contributed by atoms with van der Waals surface area (Å²) in [7, 11) is 0. The third-order valence-corrected chi connectivity index (χ3v) is 2.82. The van der Waals surface area contributed by atoms with Gasteiger partial charge in [-0.25, -0.2) is 4.79 Å². The zero-order chi connectivity index (χ0) is 9.97. The van der Waals surface area contributed by atoms with Gasteiger partial charge in [0.25, 0.3) is 0 Å².